The fourth-order valence-corrected chi connectivity index (χ4v) is 2.09. The molecule has 1 aromatic carbocycles. The van der Waals surface area contributed by atoms with Gasteiger partial charge in [-0.15, -0.1) is 0 Å². The van der Waals surface area contributed by atoms with Crippen molar-refractivity contribution in [2.24, 2.45) is 5.73 Å². The van der Waals surface area contributed by atoms with Crippen LogP contribution in [0.1, 0.15) is 30.5 Å². The van der Waals surface area contributed by atoms with Gasteiger partial charge in [0.2, 0.25) is 0 Å². The van der Waals surface area contributed by atoms with Crippen molar-refractivity contribution < 1.29 is 9.47 Å². The smallest absolute Gasteiger partial charge is 0.167 e. The van der Waals surface area contributed by atoms with E-state index in [1.54, 1.807) is 0 Å². The summed E-state index contributed by atoms with van der Waals surface area (Å²) in [6, 6.07) is 8.23. The zero-order valence-electron chi connectivity index (χ0n) is 9.90. The Bertz CT molecular complexity index is 359. The number of nitrogens with two attached hydrogens (primary N) is 1. The number of hydrogen-bond acceptors (Lipinski definition) is 3. The molecule has 0 amide bonds. The third kappa shape index (κ3) is 2.61. The molecule has 1 aliphatic rings. The van der Waals surface area contributed by atoms with Gasteiger partial charge in [0.05, 0.1) is 13.2 Å². The van der Waals surface area contributed by atoms with Crippen LogP contribution in [-0.2, 0) is 9.47 Å². The maximum atomic E-state index is 6.17. The molecule has 0 spiro atoms. The van der Waals surface area contributed by atoms with Gasteiger partial charge < -0.3 is 15.2 Å². The number of rotatable bonds is 3. The Morgan fingerprint density at radius 1 is 1.38 bits per heavy atom. The molecule has 1 unspecified atom stereocenters. The molecule has 1 aliphatic heterocycles. The summed E-state index contributed by atoms with van der Waals surface area (Å²) < 4.78 is 11.1. The zero-order chi connectivity index (χ0) is 11.6. The van der Waals surface area contributed by atoms with E-state index in [4.69, 9.17) is 15.2 Å². The Morgan fingerprint density at radius 2 is 2.06 bits per heavy atom. The molecule has 0 radical (unpaired) electrons. The van der Waals surface area contributed by atoms with Crippen LogP contribution in [-0.4, -0.2) is 19.0 Å². The second kappa shape index (κ2) is 4.53. The fourth-order valence-electron chi connectivity index (χ4n) is 2.09. The topological polar surface area (TPSA) is 44.5 Å². The molecule has 0 bridgehead atoms. The summed E-state index contributed by atoms with van der Waals surface area (Å²) in [6.45, 7) is 5.35. The van der Waals surface area contributed by atoms with Gasteiger partial charge in [0, 0.05) is 12.5 Å². The molecular weight excluding hydrogens is 202 g/mol. The lowest BCUT2D eigenvalue weighted by molar-refractivity contribution is -0.150. The molecule has 0 aliphatic carbocycles. The number of aryl methyl sites for hydroxylation is 1. The molecule has 1 fully saturated rings. The molecule has 3 nitrogen and oxygen atoms in total. The van der Waals surface area contributed by atoms with E-state index >= 15 is 0 Å². The quantitative estimate of drug-likeness (QED) is 0.850. The van der Waals surface area contributed by atoms with Crippen LogP contribution in [0.3, 0.4) is 0 Å². The lowest BCUT2D eigenvalue weighted by Crippen LogP contribution is -2.31. The third-order valence-electron chi connectivity index (χ3n) is 2.96. The average molecular weight is 221 g/mol. The van der Waals surface area contributed by atoms with Crippen molar-refractivity contribution in [3.63, 3.8) is 0 Å². The fraction of sp³-hybridized carbons (Fsp3) is 0.538. The highest BCUT2D eigenvalue weighted by molar-refractivity contribution is 5.25. The van der Waals surface area contributed by atoms with Crippen molar-refractivity contribution in [2.45, 2.75) is 32.1 Å². The van der Waals surface area contributed by atoms with Crippen LogP contribution in [0.2, 0.25) is 0 Å². The lowest BCUT2D eigenvalue weighted by atomic mass is 9.99. The number of hydrogen-bond donors (Lipinski definition) is 1. The van der Waals surface area contributed by atoms with Crippen molar-refractivity contribution in [1.82, 2.24) is 0 Å². The van der Waals surface area contributed by atoms with Gasteiger partial charge in [-0.25, -0.2) is 0 Å². The predicted molar refractivity (Wildman–Crippen MR) is 63.0 cm³/mol. The Morgan fingerprint density at radius 3 is 2.69 bits per heavy atom. The molecule has 2 N–H and O–H groups in total. The number of benzene rings is 1. The molecule has 0 aromatic heterocycles. The molecule has 0 saturated carbocycles. The van der Waals surface area contributed by atoms with Crippen LogP contribution in [0, 0.1) is 6.92 Å². The summed E-state index contributed by atoms with van der Waals surface area (Å²) in [5.41, 5.74) is 8.54. The van der Waals surface area contributed by atoms with E-state index in [1.807, 2.05) is 13.0 Å². The molecule has 16 heavy (non-hydrogen) atoms. The van der Waals surface area contributed by atoms with E-state index in [9.17, 15) is 0 Å². The Balaban J connectivity index is 2.05. The van der Waals surface area contributed by atoms with E-state index in [0.717, 1.165) is 5.56 Å². The molecule has 88 valence electrons. The molecule has 1 aromatic rings. The Kier molecular flexibility index (Phi) is 3.28. The summed E-state index contributed by atoms with van der Waals surface area (Å²) in [7, 11) is 0. The van der Waals surface area contributed by atoms with Crippen molar-refractivity contribution in [3.05, 3.63) is 35.4 Å². The second-order valence-electron chi connectivity index (χ2n) is 4.56. The molecule has 1 atom stereocenters. The minimum absolute atomic E-state index is 0.0389. The first-order valence-electron chi connectivity index (χ1n) is 5.69. The van der Waals surface area contributed by atoms with Gasteiger partial charge in [-0.1, -0.05) is 29.8 Å². The molecular formula is C13H19NO2. The van der Waals surface area contributed by atoms with Crippen molar-refractivity contribution >= 4 is 0 Å². The molecule has 2 rings (SSSR count). The minimum Gasteiger partial charge on any atom is -0.348 e. The van der Waals surface area contributed by atoms with E-state index in [-0.39, 0.29) is 6.04 Å². The summed E-state index contributed by atoms with van der Waals surface area (Å²) in [4.78, 5) is 0. The number of ether oxygens (including phenoxy) is 2. The maximum Gasteiger partial charge on any atom is 0.167 e. The van der Waals surface area contributed by atoms with Gasteiger partial charge in [0.25, 0.3) is 0 Å². The first kappa shape index (κ1) is 11.6. The SMILES string of the molecule is Cc1cccc(C(N)CC2(C)OCCO2)c1. The van der Waals surface area contributed by atoms with Crippen molar-refractivity contribution in [2.75, 3.05) is 13.2 Å². The van der Waals surface area contributed by atoms with Gasteiger partial charge in [-0.3, -0.25) is 0 Å². The predicted octanol–water partition coefficient (Wildman–Crippen LogP) is 2.15. The molecule has 1 saturated heterocycles. The summed E-state index contributed by atoms with van der Waals surface area (Å²) >= 11 is 0. The highest BCUT2D eigenvalue weighted by Crippen LogP contribution is 2.29. The highest BCUT2D eigenvalue weighted by Gasteiger charge is 2.33. The minimum atomic E-state index is -0.511. The Labute approximate surface area is 96.5 Å². The van der Waals surface area contributed by atoms with Crippen molar-refractivity contribution in [3.8, 4) is 0 Å². The van der Waals surface area contributed by atoms with Crippen LogP contribution in [0.4, 0.5) is 0 Å². The van der Waals surface area contributed by atoms with Gasteiger partial charge in [-0.05, 0) is 19.4 Å². The average Bonchev–Trinajstić information content (AvgIpc) is 2.65. The van der Waals surface area contributed by atoms with E-state index in [0.29, 0.717) is 19.6 Å². The Hall–Kier alpha value is -0.900. The van der Waals surface area contributed by atoms with Gasteiger partial charge in [0.15, 0.2) is 5.79 Å². The first-order chi connectivity index (χ1) is 7.59. The van der Waals surface area contributed by atoms with Crippen LogP contribution in [0.5, 0.6) is 0 Å². The standard InChI is InChI=1S/C13H19NO2/c1-10-4-3-5-11(8-10)12(14)9-13(2)15-6-7-16-13/h3-5,8,12H,6-7,9,14H2,1-2H3. The van der Waals surface area contributed by atoms with Gasteiger partial charge in [0.1, 0.15) is 0 Å². The zero-order valence-corrected chi connectivity index (χ0v) is 9.90. The van der Waals surface area contributed by atoms with Gasteiger partial charge >= 0.3 is 0 Å². The van der Waals surface area contributed by atoms with Crippen molar-refractivity contribution in [1.29, 1.82) is 0 Å². The first-order valence-corrected chi connectivity index (χ1v) is 5.69. The third-order valence-corrected chi connectivity index (χ3v) is 2.96. The van der Waals surface area contributed by atoms with Crippen LogP contribution < -0.4 is 5.73 Å². The van der Waals surface area contributed by atoms with E-state index in [1.165, 1.54) is 5.56 Å². The van der Waals surface area contributed by atoms with E-state index < -0.39 is 5.79 Å². The van der Waals surface area contributed by atoms with Crippen LogP contribution >= 0.6 is 0 Å². The summed E-state index contributed by atoms with van der Waals surface area (Å²) in [6.07, 6.45) is 0.691. The normalized spacial score (nSPS) is 20.9. The van der Waals surface area contributed by atoms with Crippen LogP contribution in [0.15, 0.2) is 24.3 Å². The summed E-state index contributed by atoms with van der Waals surface area (Å²) in [5, 5.41) is 0. The maximum absolute atomic E-state index is 6.17. The largest absolute Gasteiger partial charge is 0.348 e. The lowest BCUT2D eigenvalue weighted by Gasteiger charge is -2.26. The van der Waals surface area contributed by atoms with Crippen LogP contribution in [0.25, 0.3) is 0 Å². The van der Waals surface area contributed by atoms with Gasteiger partial charge in [-0.2, -0.15) is 0 Å². The molecule has 1 heterocycles. The second-order valence-corrected chi connectivity index (χ2v) is 4.56. The van der Waals surface area contributed by atoms with E-state index in [2.05, 4.69) is 25.1 Å². The summed E-state index contributed by atoms with van der Waals surface area (Å²) in [5.74, 6) is -0.511. The highest BCUT2D eigenvalue weighted by atomic mass is 16.7. The molecule has 3 heteroatoms. The monoisotopic (exact) mass is 221 g/mol.